The van der Waals surface area contributed by atoms with E-state index in [4.69, 9.17) is 4.74 Å². The van der Waals surface area contributed by atoms with Crippen LogP contribution in [-0.2, 0) is 4.74 Å². The molecule has 1 rings (SSSR count). The Hall–Kier alpha value is -0.560. The summed E-state index contributed by atoms with van der Waals surface area (Å²) in [5.41, 5.74) is 0. The molecule has 0 radical (unpaired) electrons. The molecule has 1 nitrogen and oxygen atoms in total. The Bertz CT molecular complexity index is 158. The smallest absolute Gasteiger partial charge is 0.0796 e. The van der Waals surface area contributed by atoms with Gasteiger partial charge in [0.1, 0.15) is 0 Å². The third-order valence-corrected chi connectivity index (χ3v) is 1.92. The van der Waals surface area contributed by atoms with E-state index in [1.165, 1.54) is 0 Å². The van der Waals surface area contributed by atoms with Gasteiger partial charge in [-0.05, 0) is 19.8 Å². The number of allylic oxidation sites excluding steroid dienone is 2. The second kappa shape index (κ2) is 4.35. The summed E-state index contributed by atoms with van der Waals surface area (Å²) in [6.45, 7) is 4.26. The summed E-state index contributed by atoms with van der Waals surface area (Å²) in [5, 5.41) is 0. The fraction of sp³-hybridized carbons (Fsp3) is 0.600. The first-order valence-electron chi connectivity index (χ1n) is 4.31. The van der Waals surface area contributed by atoms with Gasteiger partial charge in [-0.15, -0.1) is 0 Å². The molecule has 0 aromatic carbocycles. The Morgan fingerprint density at radius 3 is 2.91 bits per heavy atom. The van der Waals surface area contributed by atoms with E-state index in [1.807, 2.05) is 0 Å². The summed E-state index contributed by atoms with van der Waals surface area (Å²) >= 11 is 0. The van der Waals surface area contributed by atoms with Crippen molar-refractivity contribution in [2.24, 2.45) is 0 Å². The van der Waals surface area contributed by atoms with Gasteiger partial charge in [-0.25, -0.2) is 0 Å². The third-order valence-electron chi connectivity index (χ3n) is 1.92. The zero-order chi connectivity index (χ0) is 8.10. The third kappa shape index (κ3) is 2.89. The van der Waals surface area contributed by atoms with E-state index in [9.17, 15) is 0 Å². The van der Waals surface area contributed by atoms with Crippen LogP contribution in [0.15, 0.2) is 24.3 Å². The average Bonchev–Trinajstić information content (AvgIpc) is 2.06. The topological polar surface area (TPSA) is 9.23 Å². The lowest BCUT2D eigenvalue weighted by Crippen LogP contribution is -2.17. The van der Waals surface area contributed by atoms with Crippen molar-refractivity contribution in [2.75, 3.05) is 0 Å². The predicted octanol–water partition coefficient (Wildman–Crippen LogP) is 2.69. The van der Waals surface area contributed by atoms with E-state index in [1.54, 1.807) is 0 Å². The van der Waals surface area contributed by atoms with E-state index in [-0.39, 0.29) is 0 Å². The van der Waals surface area contributed by atoms with Gasteiger partial charge in [0, 0.05) is 0 Å². The Morgan fingerprint density at radius 2 is 2.36 bits per heavy atom. The van der Waals surface area contributed by atoms with Gasteiger partial charge in [0.15, 0.2) is 0 Å². The van der Waals surface area contributed by atoms with Crippen LogP contribution < -0.4 is 0 Å². The van der Waals surface area contributed by atoms with Gasteiger partial charge >= 0.3 is 0 Å². The minimum atomic E-state index is 0.315. The van der Waals surface area contributed by atoms with Crippen LogP contribution >= 0.6 is 0 Å². The zero-order valence-corrected chi connectivity index (χ0v) is 7.29. The van der Waals surface area contributed by atoms with E-state index >= 15 is 0 Å². The summed E-state index contributed by atoms with van der Waals surface area (Å²) < 4.78 is 5.70. The van der Waals surface area contributed by atoms with Crippen LogP contribution in [0.2, 0.25) is 0 Å². The Balaban J connectivity index is 2.27. The zero-order valence-electron chi connectivity index (χ0n) is 7.29. The molecule has 0 amide bonds. The maximum Gasteiger partial charge on any atom is 0.0796 e. The molecule has 0 heterocycles. The van der Waals surface area contributed by atoms with Crippen LogP contribution in [0.5, 0.6) is 0 Å². The molecule has 0 aromatic heterocycles. The molecule has 11 heavy (non-hydrogen) atoms. The highest BCUT2D eigenvalue weighted by atomic mass is 16.5. The number of hydrogen-bond acceptors (Lipinski definition) is 1. The molecule has 0 saturated carbocycles. The van der Waals surface area contributed by atoms with Crippen molar-refractivity contribution in [1.82, 2.24) is 0 Å². The molecule has 1 aliphatic carbocycles. The molecule has 0 N–H and O–H groups in total. The largest absolute Gasteiger partial charge is 0.371 e. The van der Waals surface area contributed by atoms with Gasteiger partial charge in [0.2, 0.25) is 0 Å². The molecule has 0 bridgehead atoms. The molecule has 1 aliphatic rings. The van der Waals surface area contributed by atoms with E-state index < -0.39 is 0 Å². The van der Waals surface area contributed by atoms with Gasteiger partial charge in [-0.2, -0.15) is 0 Å². The maximum absolute atomic E-state index is 5.70. The second-order valence-corrected chi connectivity index (χ2v) is 2.94. The normalized spacial score (nSPS) is 25.5. The summed E-state index contributed by atoms with van der Waals surface area (Å²) in [5.74, 6) is 0. The van der Waals surface area contributed by atoms with Crippen molar-refractivity contribution in [3.05, 3.63) is 24.3 Å². The maximum atomic E-state index is 5.70. The first-order chi connectivity index (χ1) is 5.33. The van der Waals surface area contributed by atoms with Crippen LogP contribution in [-0.4, -0.2) is 12.2 Å². The van der Waals surface area contributed by atoms with Gasteiger partial charge in [0.25, 0.3) is 0 Å². The van der Waals surface area contributed by atoms with Crippen LogP contribution in [0, 0.1) is 0 Å². The monoisotopic (exact) mass is 152 g/mol. The Kier molecular flexibility index (Phi) is 3.37. The Morgan fingerprint density at radius 1 is 1.55 bits per heavy atom. The molecule has 62 valence electrons. The first-order valence-corrected chi connectivity index (χ1v) is 4.31. The van der Waals surface area contributed by atoms with Gasteiger partial charge in [-0.1, -0.05) is 31.2 Å². The van der Waals surface area contributed by atoms with E-state index in [0.29, 0.717) is 12.2 Å². The van der Waals surface area contributed by atoms with Crippen molar-refractivity contribution in [1.29, 1.82) is 0 Å². The molecule has 2 atom stereocenters. The highest BCUT2D eigenvalue weighted by Gasteiger charge is 2.08. The molecule has 0 aromatic rings. The molecule has 1 heteroatoms. The number of ether oxygens (including phenoxy) is 1. The van der Waals surface area contributed by atoms with Crippen LogP contribution in [0.3, 0.4) is 0 Å². The lowest BCUT2D eigenvalue weighted by atomic mass is 10.1. The fourth-order valence-electron chi connectivity index (χ4n) is 1.05. The Labute approximate surface area is 68.8 Å². The summed E-state index contributed by atoms with van der Waals surface area (Å²) in [7, 11) is 0. The SMILES string of the molecule is CCC(C)OC1C=CC=CC1. The molecule has 0 aliphatic heterocycles. The standard InChI is InChI=1S/C10H16O/c1-3-9(2)11-10-7-5-4-6-8-10/h4-7,9-10H,3,8H2,1-2H3. The highest BCUT2D eigenvalue weighted by Crippen LogP contribution is 2.10. The van der Waals surface area contributed by atoms with Crippen LogP contribution in [0.4, 0.5) is 0 Å². The highest BCUT2D eigenvalue weighted by molar-refractivity contribution is 5.11. The van der Waals surface area contributed by atoms with E-state index in [0.717, 1.165) is 12.8 Å². The quantitative estimate of drug-likeness (QED) is 0.604. The van der Waals surface area contributed by atoms with Crippen molar-refractivity contribution in [3.63, 3.8) is 0 Å². The molecule has 0 fully saturated rings. The second-order valence-electron chi connectivity index (χ2n) is 2.94. The minimum absolute atomic E-state index is 0.315. The van der Waals surface area contributed by atoms with E-state index in [2.05, 4.69) is 38.2 Å². The first kappa shape index (κ1) is 8.54. The molecule has 2 unspecified atom stereocenters. The minimum Gasteiger partial charge on any atom is -0.371 e. The van der Waals surface area contributed by atoms with Crippen LogP contribution in [0.25, 0.3) is 0 Å². The fourth-order valence-corrected chi connectivity index (χ4v) is 1.05. The van der Waals surface area contributed by atoms with Crippen LogP contribution in [0.1, 0.15) is 26.7 Å². The van der Waals surface area contributed by atoms with Crippen molar-refractivity contribution < 1.29 is 4.74 Å². The summed E-state index contributed by atoms with van der Waals surface area (Å²) in [6.07, 6.45) is 11.2. The predicted molar refractivity (Wildman–Crippen MR) is 47.5 cm³/mol. The summed E-state index contributed by atoms with van der Waals surface area (Å²) in [6, 6.07) is 0. The van der Waals surface area contributed by atoms with Gasteiger partial charge in [-0.3, -0.25) is 0 Å². The van der Waals surface area contributed by atoms with Gasteiger partial charge < -0.3 is 4.74 Å². The molecule has 0 spiro atoms. The number of hydrogen-bond donors (Lipinski definition) is 0. The van der Waals surface area contributed by atoms with Crippen molar-refractivity contribution >= 4 is 0 Å². The lowest BCUT2D eigenvalue weighted by Gasteiger charge is -2.18. The van der Waals surface area contributed by atoms with Crippen molar-refractivity contribution in [2.45, 2.75) is 38.9 Å². The molecule has 0 saturated heterocycles. The lowest BCUT2D eigenvalue weighted by molar-refractivity contribution is 0.0237. The molecular weight excluding hydrogens is 136 g/mol. The average molecular weight is 152 g/mol. The summed E-state index contributed by atoms with van der Waals surface area (Å²) in [4.78, 5) is 0. The van der Waals surface area contributed by atoms with Gasteiger partial charge in [0.05, 0.1) is 12.2 Å². The number of rotatable bonds is 3. The molecular formula is C10H16O. The van der Waals surface area contributed by atoms with Crippen molar-refractivity contribution in [3.8, 4) is 0 Å².